The number of aliphatic imine (C=N–C) groups is 2. The van der Waals surface area contributed by atoms with Gasteiger partial charge < -0.3 is 10.5 Å². The molecule has 2 aliphatic rings. The van der Waals surface area contributed by atoms with E-state index in [1.807, 2.05) is 4.90 Å². The number of amidine groups is 1. The molecule has 0 radical (unpaired) electrons. The normalized spacial score (nSPS) is 23.4. The summed E-state index contributed by atoms with van der Waals surface area (Å²) in [6.45, 7) is 5.43. The van der Waals surface area contributed by atoms with E-state index >= 15 is 0 Å². The zero-order chi connectivity index (χ0) is 10.1. The Balaban J connectivity index is 2.42. The highest BCUT2D eigenvalue weighted by Gasteiger charge is 2.28. The lowest BCUT2D eigenvalue weighted by atomic mass is 10.2. The predicted molar refractivity (Wildman–Crippen MR) is 54.9 cm³/mol. The number of nitrogens with zero attached hydrogens (tertiary/aromatic N) is 3. The van der Waals surface area contributed by atoms with Gasteiger partial charge in [-0.2, -0.15) is 0 Å². The summed E-state index contributed by atoms with van der Waals surface area (Å²) in [6, 6.07) is 0. The van der Waals surface area contributed by atoms with Crippen LogP contribution in [0.1, 0.15) is 0 Å². The van der Waals surface area contributed by atoms with Crippen LogP contribution in [0.5, 0.6) is 0 Å². The van der Waals surface area contributed by atoms with Gasteiger partial charge in [-0.05, 0) is 0 Å². The van der Waals surface area contributed by atoms with Crippen LogP contribution in [-0.2, 0) is 4.74 Å². The molecular formula is C9H12N4O. The third-order valence-corrected chi connectivity index (χ3v) is 2.16. The summed E-state index contributed by atoms with van der Waals surface area (Å²) >= 11 is 0. The maximum absolute atomic E-state index is 5.76. The first-order valence-corrected chi connectivity index (χ1v) is 4.33. The first kappa shape index (κ1) is 8.80. The molecule has 0 saturated heterocycles. The Kier molecular flexibility index (Phi) is 1.99. The minimum Gasteiger partial charge on any atom is -0.502 e. The molecular weight excluding hydrogens is 180 g/mol. The van der Waals surface area contributed by atoms with Gasteiger partial charge in [0.1, 0.15) is 17.8 Å². The largest absolute Gasteiger partial charge is 0.502 e. The van der Waals surface area contributed by atoms with Crippen LogP contribution < -0.4 is 5.73 Å². The van der Waals surface area contributed by atoms with Gasteiger partial charge in [0.2, 0.25) is 5.96 Å². The molecule has 0 aromatic rings. The van der Waals surface area contributed by atoms with Crippen molar-refractivity contribution < 1.29 is 4.74 Å². The Morgan fingerprint density at radius 3 is 3.14 bits per heavy atom. The molecule has 14 heavy (non-hydrogen) atoms. The van der Waals surface area contributed by atoms with E-state index in [0.29, 0.717) is 11.7 Å². The molecule has 0 spiro atoms. The van der Waals surface area contributed by atoms with Crippen LogP contribution in [0, 0.1) is 0 Å². The summed E-state index contributed by atoms with van der Waals surface area (Å²) < 4.78 is 4.89. The molecule has 0 saturated carbocycles. The van der Waals surface area contributed by atoms with Crippen molar-refractivity contribution in [2.75, 3.05) is 20.2 Å². The van der Waals surface area contributed by atoms with Gasteiger partial charge in [-0.1, -0.05) is 6.58 Å². The lowest BCUT2D eigenvalue weighted by Gasteiger charge is -2.25. The van der Waals surface area contributed by atoms with Gasteiger partial charge >= 0.3 is 0 Å². The molecule has 0 fully saturated rings. The zero-order valence-electron chi connectivity index (χ0n) is 8.03. The number of fused-ring (bicyclic) bond motifs is 1. The third-order valence-electron chi connectivity index (χ3n) is 2.16. The van der Waals surface area contributed by atoms with E-state index in [2.05, 4.69) is 16.6 Å². The van der Waals surface area contributed by atoms with E-state index in [1.54, 1.807) is 7.11 Å². The SMILES string of the molecule is C=C1C2=NCCN2C(N)=N/C1=C\OC. The molecule has 0 bridgehead atoms. The Labute approximate surface area is 82.3 Å². The molecule has 0 unspecified atom stereocenters. The number of rotatable bonds is 1. The second kappa shape index (κ2) is 3.17. The second-order valence-electron chi connectivity index (χ2n) is 3.04. The van der Waals surface area contributed by atoms with Crippen molar-refractivity contribution in [2.24, 2.45) is 15.7 Å². The molecule has 2 rings (SSSR count). The van der Waals surface area contributed by atoms with Gasteiger partial charge in [0.25, 0.3) is 0 Å². The van der Waals surface area contributed by atoms with E-state index in [0.717, 1.165) is 24.5 Å². The summed E-state index contributed by atoms with van der Waals surface area (Å²) in [5.74, 6) is 1.26. The minimum atomic E-state index is 0.456. The number of guanidine groups is 1. The fraction of sp³-hybridized carbons (Fsp3) is 0.333. The molecule has 0 aliphatic carbocycles. The third kappa shape index (κ3) is 1.17. The number of methoxy groups -OCH3 is 1. The van der Waals surface area contributed by atoms with Crippen LogP contribution in [-0.4, -0.2) is 36.9 Å². The monoisotopic (exact) mass is 192 g/mol. The van der Waals surface area contributed by atoms with Crippen molar-refractivity contribution in [1.82, 2.24) is 4.90 Å². The molecule has 0 aromatic carbocycles. The summed E-state index contributed by atoms with van der Waals surface area (Å²) in [7, 11) is 1.56. The van der Waals surface area contributed by atoms with Crippen molar-refractivity contribution >= 4 is 11.8 Å². The van der Waals surface area contributed by atoms with Crippen LogP contribution in [0.2, 0.25) is 0 Å². The van der Waals surface area contributed by atoms with Gasteiger partial charge in [-0.25, -0.2) is 4.99 Å². The standard InChI is InChI=1S/C9H12N4O/c1-6-7(5-14-2)12-9(10)13-4-3-11-8(6)13/h5H,1,3-4H2,2H3,(H2,10,12)/b7-5-. The zero-order valence-corrected chi connectivity index (χ0v) is 8.03. The van der Waals surface area contributed by atoms with E-state index in [1.165, 1.54) is 6.26 Å². The van der Waals surface area contributed by atoms with Gasteiger partial charge in [-0.15, -0.1) is 0 Å². The fourth-order valence-corrected chi connectivity index (χ4v) is 1.50. The van der Waals surface area contributed by atoms with Crippen molar-refractivity contribution in [3.63, 3.8) is 0 Å². The van der Waals surface area contributed by atoms with E-state index in [9.17, 15) is 0 Å². The maximum Gasteiger partial charge on any atom is 0.202 e. The molecule has 0 amide bonds. The lowest BCUT2D eigenvalue weighted by molar-refractivity contribution is 0.334. The Morgan fingerprint density at radius 1 is 1.64 bits per heavy atom. The van der Waals surface area contributed by atoms with Crippen LogP contribution in [0.15, 0.2) is 34.1 Å². The van der Waals surface area contributed by atoms with Crippen LogP contribution in [0.25, 0.3) is 0 Å². The average Bonchev–Trinajstić information content (AvgIpc) is 2.63. The molecule has 0 aromatic heterocycles. The highest BCUT2D eigenvalue weighted by atomic mass is 16.5. The highest BCUT2D eigenvalue weighted by molar-refractivity contribution is 6.13. The molecule has 74 valence electrons. The molecule has 0 atom stereocenters. The quantitative estimate of drug-likeness (QED) is 0.598. The summed E-state index contributed by atoms with van der Waals surface area (Å²) in [4.78, 5) is 10.3. The molecule has 5 nitrogen and oxygen atoms in total. The van der Waals surface area contributed by atoms with Crippen molar-refractivity contribution in [3.8, 4) is 0 Å². The van der Waals surface area contributed by atoms with Crippen molar-refractivity contribution in [1.29, 1.82) is 0 Å². The van der Waals surface area contributed by atoms with Gasteiger partial charge in [0, 0.05) is 12.1 Å². The number of nitrogens with two attached hydrogens (primary N) is 1. The van der Waals surface area contributed by atoms with Crippen molar-refractivity contribution in [2.45, 2.75) is 0 Å². The molecule has 2 heterocycles. The summed E-state index contributed by atoms with van der Waals surface area (Å²) in [5.41, 5.74) is 7.16. The van der Waals surface area contributed by atoms with Gasteiger partial charge in [0.15, 0.2) is 0 Å². The average molecular weight is 192 g/mol. The Hall–Kier alpha value is -1.78. The number of hydrogen-bond acceptors (Lipinski definition) is 5. The summed E-state index contributed by atoms with van der Waals surface area (Å²) in [5, 5.41) is 0. The van der Waals surface area contributed by atoms with Gasteiger partial charge in [-0.3, -0.25) is 9.89 Å². The second-order valence-corrected chi connectivity index (χ2v) is 3.04. The molecule has 2 aliphatic heterocycles. The lowest BCUT2D eigenvalue weighted by Crippen LogP contribution is -2.43. The molecule has 2 N–H and O–H groups in total. The predicted octanol–water partition coefficient (Wildman–Crippen LogP) is 0.0728. The smallest absolute Gasteiger partial charge is 0.202 e. The van der Waals surface area contributed by atoms with Crippen LogP contribution in [0.4, 0.5) is 0 Å². The minimum absolute atomic E-state index is 0.456. The van der Waals surface area contributed by atoms with Crippen LogP contribution >= 0.6 is 0 Å². The Morgan fingerprint density at radius 2 is 2.43 bits per heavy atom. The molecule has 5 heteroatoms. The summed E-state index contributed by atoms with van der Waals surface area (Å²) in [6.07, 6.45) is 1.52. The van der Waals surface area contributed by atoms with Crippen molar-refractivity contribution in [3.05, 3.63) is 24.1 Å². The topological polar surface area (TPSA) is 63.2 Å². The van der Waals surface area contributed by atoms with E-state index in [-0.39, 0.29) is 0 Å². The Bertz CT molecular complexity index is 367. The highest BCUT2D eigenvalue weighted by Crippen LogP contribution is 2.22. The fourth-order valence-electron chi connectivity index (χ4n) is 1.50. The van der Waals surface area contributed by atoms with E-state index in [4.69, 9.17) is 10.5 Å². The number of ether oxygens (including phenoxy) is 1. The van der Waals surface area contributed by atoms with Crippen LogP contribution in [0.3, 0.4) is 0 Å². The maximum atomic E-state index is 5.76. The van der Waals surface area contributed by atoms with E-state index < -0.39 is 0 Å². The number of hydrogen-bond donors (Lipinski definition) is 1. The first-order valence-electron chi connectivity index (χ1n) is 4.33. The first-order chi connectivity index (χ1) is 6.74. The van der Waals surface area contributed by atoms with Gasteiger partial charge in [0.05, 0.1) is 13.7 Å².